The summed E-state index contributed by atoms with van der Waals surface area (Å²) in [5, 5.41) is 3.22. The molecule has 0 spiro atoms. The van der Waals surface area contributed by atoms with Crippen LogP contribution in [-0.2, 0) is 11.3 Å². The molecule has 1 atom stereocenters. The number of nitrogens with one attached hydrogen (secondary N) is 1. The van der Waals surface area contributed by atoms with Crippen molar-refractivity contribution in [2.45, 2.75) is 32.4 Å². The summed E-state index contributed by atoms with van der Waals surface area (Å²) in [6, 6.07) is 5.08. The first kappa shape index (κ1) is 14.9. The molecule has 18 heavy (non-hydrogen) atoms. The molecule has 3 nitrogen and oxygen atoms in total. The summed E-state index contributed by atoms with van der Waals surface area (Å²) in [7, 11) is 1.54. The standard InChI is InChI=1S/C13H19FN2OS/c1-3-4-12(16-13(15)18)9-5-6-10(8-17-2)11(14)7-9/h5-7,12H,3-4,8H2,1-2H3,(H3,15,16,18). The van der Waals surface area contributed by atoms with Gasteiger partial charge in [0.25, 0.3) is 0 Å². The zero-order valence-corrected chi connectivity index (χ0v) is 11.5. The Balaban J connectivity index is 2.91. The second kappa shape index (κ2) is 7.28. The van der Waals surface area contributed by atoms with E-state index in [0.29, 0.717) is 5.56 Å². The van der Waals surface area contributed by atoms with Crippen LogP contribution in [0.25, 0.3) is 0 Å². The van der Waals surface area contributed by atoms with Gasteiger partial charge in [-0.3, -0.25) is 0 Å². The highest BCUT2D eigenvalue weighted by Gasteiger charge is 2.13. The van der Waals surface area contributed by atoms with Gasteiger partial charge in [-0.15, -0.1) is 0 Å². The number of nitrogens with two attached hydrogens (primary N) is 1. The Morgan fingerprint density at radius 1 is 1.56 bits per heavy atom. The van der Waals surface area contributed by atoms with Crippen LogP contribution < -0.4 is 11.1 Å². The Kier molecular flexibility index (Phi) is 6.01. The van der Waals surface area contributed by atoms with Gasteiger partial charge in [0.2, 0.25) is 0 Å². The third kappa shape index (κ3) is 4.23. The van der Waals surface area contributed by atoms with Crippen molar-refractivity contribution in [3.8, 4) is 0 Å². The van der Waals surface area contributed by atoms with Crippen molar-refractivity contribution >= 4 is 17.3 Å². The maximum atomic E-state index is 13.8. The number of halogens is 1. The lowest BCUT2D eigenvalue weighted by Gasteiger charge is -2.19. The van der Waals surface area contributed by atoms with Crippen molar-refractivity contribution in [2.24, 2.45) is 5.73 Å². The number of benzene rings is 1. The second-order valence-corrected chi connectivity index (χ2v) is 4.57. The highest BCUT2D eigenvalue weighted by Crippen LogP contribution is 2.21. The number of ether oxygens (including phenoxy) is 1. The van der Waals surface area contributed by atoms with Crippen LogP contribution in [0.5, 0.6) is 0 Å². The smallest absolute Gasteiger partial charge is 0.164 e. The Morgan fingerprint density at radius 3 is 2.78 bits per heavy atom. The van der Waals surface area contributed by atoms with Gasteiger partial charge in [0.15, 0.2) is 5.11 Å². The summed E-state index contributed by atoms with van der Waals surface area (Å²) in [5.41, 5.74) is 6.88. The first-order chi connectivity index (χ1) is 8.58. The molecule has 0 aromatic heterocycles. The summed E-state index contributed by atoms with van der Waals surface area (Å²) in [5.74, 6) is -0.264. The minimum Gasteiger partial charge on any atom is -0.380 e. The number of methoxy groups -OCH3 is 1. The largest absolute Gasteiger partial charge is 0.380 e. The van der Waals surface area contributed by atoms with Crippen molar-refractivity contribution in [3.05, 3.63) is 35.1 Å². The van der Waals surface area contributed by atoms with Crippen LogP contribution >= 0.6 is 12.2 Å². The van der Waals surface area contributed by atoms with Gasteiger partial charge in [-0.25, -0.2) is 4.39 Å². The molecule has 0 saturated carbocycles. The highest BCUT2D eigenvalue weighted by atomic mass is 32.1. The van der Waals surface area contributed by atoms with E-state index >= 15 is 0 Å². The van der Waals surface area contributed by atoms with Crippen LogP contribution in [0.15, 0.2) is 18.2 Å². The van der Waals surface area contributed by atoms with E-state index in [1.54, 1.807) is 13.2 Å². The van der Waals surface area contributed by atoms with Crippen LogP contribution in [0.1, 0.15) is 36.9 Å². The molecule has 0 amide bonds. The van der Waals surface area contributed by atoms with Gasteiger partial charge >= 0.3 is 0 Å². The molecule has 1 aromatic rings. The predicted molar refractivity (Wildman–Crippen MR) is 74.7 cm³/mol. The molecule has 0 saturated heterocycles. The van der Waals surface area contributed by atoms with Gasteiger partial charge in [0.1, 0.15) is 5.82 Å². The van der Waals surface area contributed by atoms with E-state index < -0.39 is 0 Å². The fourth-order valence-corrected chi connectivity index (χ4v) is 1.98. The van der Waals surface area contributed by atoms with Gasteiger partial charge in [0, 0.05) is 12.7 Å². The van der Waals surface area contributed by atoms with E-state index in [-0.39, 0.29) is 23.6 Å². The molecule has 0 bridgehead atoms. The second-order valence-electron chi connectivity index (χ2n) is 4.13. The van der Waals surface area contributed by atoms with E-state index in [9.17, 15) is 4.39 Å². The van der Waals surface area contributed by atoms with Crippen molar-refractivity contribution in [1.29, 1.82) is 0 Å². The van der Waals surface area contributed by atoms with E-state index in [1.165, 1.54) is 6.07 Å². The van der Waals surface area contributed by atoms with E-state index in [4.69, 9.17) is 22.7 Å². The number of thiocarbonyl (C=S) groups is 1. The molecule has 0 aliphatic rings. The average molecular weight is 270 g/mol. The lowest BCUT2D eigenvalue weighted by Crippen LogP contribution is -2.33. The minimum absolute atomic E-state index is 0.0430. The molecule has 3 N–H and O–H groups in total. The van der Waals surface area contributed by atoms with Crippen LogP contribution in [0.4, 0.5) is 4.39 Å². The maximum absolute atomic E-state index is 13.8. The fraction of sp³-hybridized carbons (Fsp3) is 0.462. The van der Waals surface area contributed by atoms with Crippen molar-refractivity contribution in [2.75, 3.05) is 7.11 Å². The molecule has 0 fully saturated rings. The third-order valence-electron chi connectivity index (χ3n) is 2.67. The number of hydrogen-bond acceptors (Lipinski definition) is 2. The quantitative estimate of drug-likeness (QED) is 0.780. The van der Waals surface area contributed by atoms with Crippen LogP contribution in [0.3, 0.4) is 0 Å². The summed E-state index contributed by atoms with van der Waals surface area (Å²) < 4.78 is 18.7. The average Bonchev–Trinajstić information content (AvgIpc) is 2.31. The van der Waals surface area contributed by atoms with Gasteiger partial charge < -0.3 is 15.8 Å². The molecule has 0 radical (unpaired) electrons. The molecule has 1 unspecified atom stereocenters. The molecular formula is C13H19FN2OS. The third-order valence-corrected chi connectivity index (χ3v) is 2.79. The predicted octanol–water partition coefficient (Wildman–Crippen LogP) is 2.65. The Labute approximate surface area is 113 Å². The Morgan fingerprint density at radius 2 is 2.28 bits per heavy atom. The zero-order valence-electron chi connectivity index (χ0n) is 10.7. The summed E-state index contributed by atoms with van der Waals surface area (Å²) >= 11 is 4.84. The topological polar surface area (TPSA) is 47.3 Å². The van der Waals surface area contributed by atoms with E-state index in [1.807, 2.05) is 6.07 Å². The van der Waals surface area contributed by atoms with Gasteiger partial charge in [-0.2, -0.15) is 0 Å². The fourth-order valence-electron chi connectivity index (χ4n) is 1.84. The summed E-state index contributed by atoms with van der Waals surface area (Å²) in [6.07, 6.45) is 1.81. The van der Waals surface area contributed by atoms with Crippen molar-refractivity contribution in [1.82, 2.24) is 5.32 Å². The maximum Gasteiger partial charge on any atom is 0.164 e. The molecule has 1 aromatic carbocycles. The lowest BCUT2D eigenvalue weighted by molar-refractivity contribution is 0.181. The summed E-state index contributed by atoms with van der Waals surface area (Å²) in [6.45, 7) is 2.33. The first-order valence-electron chi connectivity index (χ1n) is 5.91. The Bertz CT molecular complexity index is 412. The molecule has 100 valence electrons. The van der Waals surface area contributed by atoms with Crippen LogP contribution in [0.2, 0.25) is 0 Å². The van der Waals surface area contributed by atoms with Gasteiger partial charge in [-0.1, -0.05) is 25.5 Å². The van der Waals surface area contributed by atoms with E-state index in [0.717, 1.165) is 18.4 Å². The molecule has 0 heterocycles. The number of hydrogen-bond donors (Lipinski definition) is 2. The molecular weight excluding hydrogens is 251 g/mol. The molecule has 0 aliphatic carbocycles. The van der Waals surface area contributed by atoms with Gasteiger partial charge in [-0.05, 0) is 30.3 Å². The minimum atomic E-state index is -0.264. The normalized spacial score (nSPS) is 12.2. The lowest BCUT2D eigenvalue weighted by atomic mass is 10.0. The summed E-state index contributed by atoms with van der Waals surface area (Å²) in [4.78, 5) is 0. The molecule has 5 heteroatoms. The molecule has 1 rings (SSSR count). The van der Waals surface area contributed by atoms with E-state index in [2.05, 4.69) is 12.2 Å². The number of rotatable bonds is 6. The molecule has 0 aliphatic heterocycles. The van der Waals surface area contributed by atoms with Crippen LogP contribution in [0, 0.1) is 5.82 Å². The van der Waals surface area contributed by atoms with Crippen LogP contribution in [-0.4, -0.2) is 12.2 Å². The highest BCUT2D eigenvalue weighted by molar-refractivity contribution is 7.80. The van der Waals surface area contributed by atoms with Gasteiger partial charge in [0.05, 0.1) is 12.6 Å². The SMILES string of the molecule is CCCC(NC(N)=S)c1ccc(COC)c(F)c1. The first-order valence-corrected chi connectivity index (χ1v) is 6.32. The van der Waals surface area contributed by atoms with Crippen molar-refractivity contribution in [3.63, 3.8) is 0 Å². The Hall–Kier alpha value is -1.20. The van der Waals surface area contributed by atoms with Crippen molar-refractivity contribution < 1.29 is 9.13 Å². The zero-order chi connectivity index (χ0) is 13.5. The monoisotopic (exact) mass is 270 g/mol.